The van der Waals surface area contributed by atoms with Crippen LogP contribution in [-0.2, 0) is 19.1 Å². The first-order valence-electron chi connectivity index (χ1n) is 5.01. The van der Waals surface area contributed by atoms with E-state index in [2.05, 4.69) is 0 Å². The summed E-state index contributed by atoms with van der Waals surface area (Å²) >= 11 is 0. The maximum atomic E-state index is 11.9. The van der Waals surface area contributed by atoms with Crippen molar-refractivity contribution in [2.45, 2.75) is 32.5 Å². The minimum atomic E-state index is -0.803. The molecule has 0 heterocycles. The summed E-state index contributed by atoms with van der Waals surface area (Å²) in [6.07, 6.45) is 1.48. The van der Waals surface area contributed by atoms with E-state index in [1.807, 2.05) is 13.8 Å². The molecule has 86 valence electrons. The highest BCUT2D eigenvalue weighted by molar-refractivity contribution is 5.97. The second-order valence-electron chi connectivity index (χ2n) is 4.69. The molecule has 0 spiro atoms. The highest BCUT2D eigenvalue weighted by atomic mass is 16.7. The highest BCUT2D eigenvalue weighted by Crippen LogP contribution is 2.42. The molecule has 0 aromatic heterocycles. The number of carbonyl (C=O) groups excluding carboxylic acids is 2. The monoisotopic (exact) mass is 214 g/mol. The Hall–Kier alpha value is -0.740. The number of hydrogen-bond donors (Lipinski definition) is 0. The molecule has 0 N–H and O–H groups in total. The molecule has 4 nitrogen and oxygen atoms in total. The van der Waals surface area contributed by atoms with Gasteiger partial charge in [-0.3, -0.25) is 4.79 Å². The van der Waals surface area contributed by atoms with E-state index in [-0.39, 0.29) is 5.78 Å². The number of hydrogen-bond acceptors (Lipinski definition) is 4. The van der Waals surface area contributed by atoms with Crippen LogP contribution in [0.1, 0.15) is 26.7 Å². The van der Waals surface area contributed by atoms with Crippen LogP contribution in [0, 0.1) is 11.3 Å². The number of Topliss-reactive ketones (excluding diaryl/α,β-unsaturated/α-hetero) is 1. The summed E-state index contributed by atoms with van der Waals surface area (Å²) in [6, 6.07) is 0. The summed E-state index contributed by atoms with van der Waals surface area (Å²) in [5, 5.41) is 0. The molecule has 0 bridgehead atoms. The van der Waals surface area contributed by atoms with Gasteiger partial charge in [0.25, 0.3) is 0 Å². The van der Waals surface area contributed by atoms with Gasteiger partial charge in [-0.1, -0.05) is 13.8 Å². The average Bonchev–Trinajstić information content (AvgIpc) is 2.22. The van der Waals surface area contributed by atoms with Crippen molar-refractivity contribution < 1.29 is 19.1 Å². The predicted octanol–water partition coefficient (Wildman–Crippen LogP) is 1.18. The molecule has 1 aliphatic rings. The van der Waals surface area contributed by atoms with Gasteiger partial charge in [0.05, 0.1) is 5.92 Å². The molecule has 0 radical (unpaired) electrons. The fourth-order valence-electron chi connectivity index (χ4n) is 2.27. The van der Waals surface area contributed by atoms with Crippen LogP contribution in [-0.4, -0.2) is 32.1 Å². The zero-order chi connectivity index (χ0) is 11.7. The molecule has 0 saturated heterocycles. The smallest absolute Gasteiger partial charge is 0.169 e. The lowest BCUT2D eigenvalue weighted by Gasteiger charge is -2.43. The van der Waals surface area contributed by atoms with Gasteiger partial charge in [0.2, 0.25) is 0 Å². The molecule has 1 rings (SSSR count). The Kier molecular flexibility index (Phi) is 3.31. The molecule has 1 atom stereocenters. The van der Waals surface area contributed by atoms with Crippen LogP contribution < -0.4 is 0 Å². The number of aldehydes is 1. The number of carbonyl (C=O) groups is 2. The molecule has 4 heteroatoms. The Labute approximate surface area is 89.9 Å². The normalized spacial score (nSPS) is 28.8. The van der Waals surface area contributed by atoms with Gasteiger partial charge >= 0.3 is 0 Å². The standard InChI is InChI=1S/C11H18O4/c1-10(2)7-11(14-3,15-4)5-8(6-12)9(10)13/h6,8H,5,7H2,1-4H3. The molecular weight excluding hydrogens is 196 g/mol. The fourth-order valence-corrected chi connectivity index (χ4v) is 2.27. The number of ether oxygens (including phenoxy) is 2. The van der Waals surface area contributed by atoms with E-state index in [1.54, 1.807) is 0 Å². The predicted molar refractivity (Wildman–Crippen MR) is 54.3 cm³/mol. The van der Waals surface area contributed by atoms with Gasteiger partial charge < -0.3 is 14.3 Å². The van der Waals surface area contributed by atoms with Crippen molar-refractivity contribution >= 4 is 12.1 Å². The van der Waals surface area contributed by atoms with E-state index in [1.165, 1.54) is 14.2 Å². The second kappa shape index (κ2) is 4.02. The first-order valence-corrected chi connectivity index (χ1v) is 5.01. The quantitative estimate of drug-likeness (QED) is 0.402. The Balaban J connectivity index is 3.01. The average molecular weight is 214 g/mol. The van der Waals surface area contributed by atoms with Crippen LogP contribution in [0.25, 0.3) is 0 Å². The SMILES string of the molecule is COC1(OC)CC(C=O)C(=O)C(C)(C)C1. The van der Waals surface area contributed by atoms with Crippen molar-refractivity contribution in [2.24, 2.45) is 11.3 Å². The lowest BCUT2D eigenvalue weighted by molar-refractivity contribution is -0.242. The largest absolute Gasteiger partial charge is 0.353 e. The van der Waals surface area contributed by atoms with Gasteiger partial charge in [-0.25, -0.2) is 0 Å². The van der Waals surface area contributed by atoms with E-state index in [9.17, 15) is 9.59 Å². The lowest BCUT2D eigenvalue weighted by atomic mass is 9.68. The number of ketones is 1. The van der Waals surface area contributed by atoms with Crippen LogP contribution in [0.15, 0.2) is 0 Å². The third kappa shape index (κ3) is 2.11. The number of rotatable bonds is 3. The van der Waals surface area contributed by atoms with Gasteiger partial charge in [0.1, 0.15) is 12.1 Å². The summed E-state index contributed by atoms with van der Waals surface area (Å²) in [5.41, 5.74) is -0.574. The van der Waals surface area contributed by atoms with E-state index < -0.39 is 17.1 Å². The summed E-state index contributed by atoms with van der Waals surface area (Å²) < 4.78 is 10.6. The Bertz CT molecular complexity index is 266. The zero-order valence-electron chi connectivity index (χ0n) is 9.70. The Morgan fingerprint density at radius 2 is 1.87 bits per heavy atom. The summed E-state index contributed by atoms with van der Waals surface area (Å²) in [7, 11) is 3.08. The first-order chi connectivity index (χ1) is 6.90. The van der Waals surface area contributed by atoms with Crippen LogP contribution in [0.4, 0.5) is 0 Å². The molecule has 1 fully saturated rings. The Morgan fingerprint density at radius 3 is 2.27 bits per heavy atom. The molecule has 0 aliphatic heterocycles. The van der Waals surface area contributed by atoms with E-state index in [0.717, 1.165) is 0 Å². The first kappa shape index (κ1) is 12.3. The molecule has 1 aliphatic carbocycles. The fraction of sp³-hybridized carbons (Fsp3) is 0.818. The van der Waals surface area contributed by atoms with Crippen LogP contribution >= 0.6 is 0 Å². The molecule has 1 unspecified atom stereocenters. The van der Waals surface area contributed by atoms with Crippen molar-refractivity contribution in [2.75, 3.05) is 14.2 Å². The zero-order valence-corrected chi connectivity index (χ0v) is 9.70. The van der Waals surface area contributed by atoms with E-state index in [4.69, 9.17) is 9.47 Å². The maximum Gasteiger partial charge on any atom is 0.169 e. The van der Waals surface area contributed by atoms with Gasteiger partial charge in [0.15, 0.2) is 5.79 Å². The molecule has 0 aromatic rings. The molecule has 0 amide bonds. The Morgan fingerprint density at radius 1 is 1.33 bits per heavy atom. The van der Waals surface area contributed by atoms with Crippen molar-refractivity contribution in [3.8, 4) is 0 Å². The highest BCUT2D eigenvalue weighted by Gasteiger charge is 2.50. The van der Waals surface area contributed by atoms with Gasteiger partial charge in [-0.05, 0) is 0 Å². The van der Waals surface area contributed by atoms with E-state index in [0.29, 0.717) is 19.1 Å². The number of methoxy groups -OCH3 is 2. The third-order valence-electron chi connectivity index (χ3n) is 3.15. The molecule has 0 aromatic carbocycles. The van der Waals surface area contributed by atoms with Crippen molar-refractivity contribution in [1.82, 2.24) is 0 Å². The van der Waals surface area contributed by atoms with Crippen molar-refractivity contribution in [1.29, 1.82) is 0 Å². The topological polar surface area (TPSA) is 52.6 Å². The summed E-state index contributed by atoms with van der Waals surface area (Å²) in [6.45, 7) is 3.63. The van der Waals surface area contributed by atoms with Crippen LogP contribution in [0.2, 0.25) is 0 Å². The third-order valence-corrected chi connectivity index (χ3v) is 3.15. The minimum Gasteiger partial charge on any atom is -0.353 e. The van der Waals surface area contributed by atoms with Gasteiger partial charge in [-0.2, -0.15) is 0 Å². The van der Waals surface area contributed by atoms with Crippen LogP contribution in [0.5, 0.6) is 0 Å². The van der Waals surface area contributed by atoms with Crippen molar-refractivity contribution in [3.05, 3.63) is 0 Å². The summed E-state index contributed by atoms with van der Waals surface area (Å²) in [4.78, 5) is 22.7. The van der Waals surface area contributed by atoms with Gasteiger partial charge in [-0.15, -0.1) is 0 Å². The molecular formula is C11H18O4. The van der Waals surface area contributed by atoms with Gasteiger partial charge in [0, 0.05) is 32.5 Å². The summed E-state index contributed by atoms with van der Waals surface area (Å²) in [5.74, 6) is -1.45. The van der Waals surface area contributed by atoms with E-state index >= 15 is 0 Å². The molecule has 1 saturated carbocycles. The maximum absolute atomic E-state index is 11.9. The second-order valence-corrected chi connectivity index (χ2v) is 4.69. The van der Waals surface area contributed by atoms with Crippen molar-refractivity contribution in [3.63, 3.8) is 0 Å². The minimum absolute atomic E-state index is 0.0257. The van der Waals surface area contributed by atoms with Crippen LogP contribution in [0.3, 0.4) is 0 Å². The lowest BCUT2D eigenvalue weighted by Crippen LogP contribution is -2.51. The molecule has 15 heavy (non-hydrogen) atoms.